The Balaban J connectivity index is 2.26. The Morgan fingerprint density at radius 1 is 1.14 bits per heavy atom. The molecule has 0 radical (unpaired) electrons. The second kappa shape index (κ2) is 7.50. The van der Waals surface area contributed by atoms with Gasteiger partial charge < -0.3 is 14.8 Å². The smallest absolute Gasteiger partial charge is 0.412 e. The fraction of sp³-hybridized carbons (Fsp3) is 0.278. The summed E-state index contributed by atoms with van der Waals surface area (Å²) in [4.78, 5) is 11.2. The molecule has 2 rings (SSSR count). The summed E-state index contributed by atoms with van der Waals surface area (Å²) in [5.74, 6) is 1.66. The van der Waals surface area contributed by atoms with Crippen LogP contribution in [0, 0.1) is 0 Å². The van der Waals surface area contributed by atoms with Gasteiger partial charge in [-0.2, -0.15) is 0 Å². The van der Waals surface area contributed by atoms with Crippen LogP contribution in [0.4, 0.5) is 4.79 Å². The standard InChI is InChI=1S/C18H21NO3/c1-4-15(16-7-5-6-8-17(16)21-3)13-9-11-14(12-10-13)22-18(20)19-2/h5-12,15H,4H2,1-3H3,(H,19,20). The second-order valence-corrected chi connectivity index (χ2v) is 4.91. The molecule has 0 fully saturated rings. The van der Waals surface area contributed by atoms with Crippen LogP contribution in [-0.4, -0.2) is 20.3 Å². The summed E-state index contributed by atoms with van der Waals surface area (Å²) >= 11 is 0. The van der Waals surface area contributed by atoms with Gasteiger partial charge in [-0.3, -0.25) is 0 Å². The van der Waals surface area contributed by atoms with Crippen molar-refractivity contribution in [2.45, 2.75) is 19.3 Å². The number of para-hydroxylation sites is 1. The van der Waals surface area contributed by atoms with Crippen molar-refractivity contribution in [3.63, 3.8) is 0 Å². The maximum Gasteiger partial charge on any atom is 0.412 e. The van der Waals surface area contributed by atoms with E-state index in [2.05, 4.69) is 18.3 Å². The number of carbonyl (C=O) groups is 1. The summed E-state index contributed by atoms with van der Waals surface area (Å²) < 4.78 is 10.6. The fourth-order valence-corrected chi connectivity index (χ4v) is 2.52. The van der Waals surface area contributed by atoms with Gasteiger partial charge >= 0.3 is 6.09 Å². The molecule has 0 saturated heterocycles. The number of amides is 1. The first-order chi connectivity index (χ1) is 10.7. The molecule has 4 nitrogen and oxygen atoms in total. The normalized spacial score (nSPS) is 11.6. The van der Waals surface area contributed by atoms with Crippen molar-refractivity contribution in [3.8, 4) is 11.5 Å². The molecule has 4 heteroatoms. The van der Waals surface area contributed by atoms with E-state index < -0.39 is 6.09 Å². The van der Waals surface area contributed by atoms with E-state index >= 15 is 0 Å². The Bertz CT molecular complexity index is 622. The van der Waals surface area contributed by atoms with Crippen LogP contribution in [0.5, 0.6) is 11.5 Å². The summed E-state index contributed by atoms with van der Waals surface area (Å²) in [7, 11) is 3.22. The molecule has 0 aliphatic rings. The van der Waals surface area contributed by atoms with Gasteiger partial charge in [-0.05, 0) is 30.2 Å². The Morgan fingerprint density at radius 2 is 1.82 bits per heavy atom. The second-order valence-electron chi connectivity index (χ2n) is 4.91. The molecule has 1 amide bonds. The quantitative estimate of drug-likeness (QED) is 0.909. The van der Waals surface area contributed by atoms with E-state index in [4.69, 9.17) is 9.47 Å². The van der Waals surface area contributed by atoms with Crippen LogP contribution in [0.3, 0.4) is 0 Å². The van der Waals surface area contributed by atoms with Gasteiger partial charge in [-0.1, -0.05) is 37.3 Å². The SMILES string of the molecule is CCC(c1ccc(OC(=O)NC)cc1)c1ccccc1OC. The lowest BCUT2D eigenvalue weighted by molar-refractivity contribution is 0.203. The average molecular weight is 299 g/mol. The molecule has 2 aromatic rings. The molecule has 1 N–H and O–H groups in total. The van der Waals surface area contributed by atoms with Crippen molar-refractivity contribution >= 4 is 6.09 Å². The topological polar surface area (TPSA) is 47.6 Å². The first kappa shape index (κ1) is 15.9. The van der Waals surface area contributed by atoms with Crippen molar-refractivity contribution in [2.75, 3.05) is 14.2 Å². The highest BCUT2D eigenvalue weighted by Crippen LogP contribution is 2.34. The molecule has 0 heterocycles. The number of nitrogens with one attached hydrogen (secondary N) is 1. The number of carbonyl (C=O) groups excluding carboxylic acids is 1. The first-order valence-electron chi connectivity index (χ1n) is 7.32. The molecular formula is C18H21NO3. The first-order valence-corrected chi connectivity index (χ1v) is 7.32. The van der Waals surface area contributed by atoms with Crippen molar-refractivity contribution in [1.29, 1.82) is 0 Å². The average Bonchev–Trinajstić information content (AvgIpc) is 2.57. The Hall–Kier alpha value is -2.49. The van der Waals surface area contributed by atoms with Crippen molar-refractivity contribution in [3.05, 3.63) is 59.7 Å². The molecule has 0 aliphatic heterocycles. The van der Waals surface area contributed by atoms with E-state index in [0.29, 0.717) is 5.75 Å². The summed E-state index contributed by atoms with van der Waals surface area (Å²) in [5, 5.41) is 2.43. The lowest BCUT2D eigenvalue weighted by atomic mass is 9.88. The lowest BCUT2D eigenvalue weighted by Gasteiger charge is -2.19. The Labute approximate surface area is 131 Å². The van der Waals surface area contributed by atoms with Gasteiger partial charge in [0, 0.05) is 18.5 Å². The predicted octanol–water partition coefficient (Wildman–Crippen LogP) is 3.96. The number of benzene rings is 2. The van der Waals surface area contributed by atoms with Gasteiger partial charge in [-0.25, -0.2) is 4.79 Å². The molecule has 1 atom stereocenters. The van der Waals surface area contributed by atoms with Gasteiger partial charge in [0.1, 0.15) is 11.5 Å². The van der Waals surface area contributed by atoms with Crippen LogP contribution in [-0.2, 0) is 0 Å². The largest absolute Gasteiger partial charge is 0.496 e. The Morgan fingerprint density at radius 3 is 2.41 bits per heavy atom. The third kappa shape index (κ3) is 3.58. The third-order valence-corrected chi connectivity index (χ3v) is 3.62. The zero-order valence-corrected chi connectivity index (χ0v) is 13.1. The number of methoxy groups -OCH3 is 1. The zero-order chi connectivity index (χ0) is 15.9. The molecule has 0 aromatic heterocycles. The van der Waals surface area contributed by atoms with Gasteiger partial charge in [-0.15, -0.1) is 0 Å². The molecule has 0 spiro atoms. The van der Waals surface area contributed by atoms with E-state index in [0.717, 1.165) is 23.3 Å². The van der Waals surface area contributed by atoms with Crippen molar-refractivity contribution < 1.29 is 14.3 Å². The molecule has 2 aromatic carbocycles. The number of hydrogen-bond donors (Lipinski definition) is 1. The number of rotatable bonds is 5. The van der Waals surface area contributed by atoms with E-state index in [1.807, 2.05) is 42.5 Å². The van der Waals surface area contributed by atoms with Crippen LogP contribution in [0.2, 0.25) is 0 Å². The van der Waals surface area contributed by atoms with Gasteiger partial charge in [0.15, 0.2) is 0 Å². The summed E-state index contributed by atoms with van der Waals surface area (Å²) in [6, 6.07) is 15.6. The van der Waals surface area contributed by atoms with Gasteiger partial charge in [0.25, 0.3) is 0 Å². The third-order valence-electron chi connectivity index (χ3n) is 3.62. The highest BCUT2D eigenvalue weighted by molar-refractivity contribution is 5.69. The van der Waals surface area contributed by atoms with Gasteiger partial charge in [0.2, 0.25) is 0 Å². The lowest BCUT2D eigenvalue weighted by Crippen LogP contribution is -2.21. The molecule has 116 valence electrons. The Kier molecular flexibility index (Phi) is 5.42. The summed E-state index contributed by atoms with van der Waals surface area (Å²) in [5.41, 5.74) is 2.32. The zero-order valence-electron chi connectivity index (χ0n) is 13.1. The van der Waals surface area contributed by atoms with Crippen LogP contribution in [0.1, 0.15) is 30.4 Å². The van der Waals surface area contributed by atoms with Gasteiger partial charge in [0.05, 0.1) is 7.11 Å². The van der Waals surface area contributed by atoms with E-state index in [9.17, 15) is 4.79 Å². The minimum Gasteiger partial charge on any atom is -0.496 e. The van der Waals surface area contributed by atoms with E-state index in [-0.39, 0.29) is 5.92 Å². The van der Waals surface area contributed by atoms with Crippen LogP contribution >= 0.6 is 0 Å². The molecular weight excluding hydrogens is 278 g/mol. The molecule has 0 aliphatic carbocycles. The summed E-state index contributed by atoms with van der Waals surface area (Å²) in [6.07, 6.45) is 0.486. The highest BCUT2D eigenvalue weighted by Gasteiger charge is 2.16. The van der Waals surface area contributed by atoms with E-state index in [1.165, 1.54) is 7.05 Å². The number of hydrogen-bond acceptors (Lipinski definition) is 3. The maximum atomic E-state index is 11.2. The minimum atomic E-state index is -0.468. The minimum absolute atomic E-state index is 0.241. The monoisotopic (exact) mass is 299 g/mol. The number of ether oxygens (including phenoxy) is 2. The maximum absolute atomic E-state index is 11.2. The molecule has 0 saturated carbocycles. The molecule has 1 unspecified atom stereocenters. The van der Waals surface area contributed by atoms with Crippen molar-refractivity contribution in [2.24, 2.45) is 0 Å². The van der Waals surface area contributed by atoms with Crippen molar-refractivity contribution in [1.82, 2.24) is 5.32 Å². The van der Waals surface area contributed by atoms with Crippen LogP contribution in [0.15, 0.2) is 48.5 Å². The van der Waals surface area contributed by atoms with Crippen LogP contribution in [0.25, 0.3) is 0 Å². The highest BCUT2D eigenvalue weighted by atomic mass is 16.5. The van der Waals surface area contributed by atoms with E-state index in [1.54, 1.807) is 7.11 Å². The van der Waals surface area contributed by atoms with Crippen LogP contribution < -0.4 is 14.8 Å². The molecule has 22 heavy (non-hydrogen) atoms. The summed E-state index contributed by atoms with van der Waals surface area (Å²) in [6.45, 7) is 2.14. The fourth-order valence-electron chi connectivity index (χ4n) is 2.52. The molecule has 0 bridgehead atoms. The predicted molar refractivity (Wildman–Crippen MR) is 86.7 cm³/mol.